The maximum Gasteiger partial charge on any atom is 0.257 e. The number of nitrogens with zero attached hydrogens (tertiary/aromatic N) is 1. The van der Waals surface area contributed by atoms with Gasteiger partial charge in [0.15, 0.2) is 6.10 Å². The van der Waals surface area contributed by atoms with Gasteiger partial charge >= 0.3 is 0 Å². The largest absolute Gasteiger partial charge is 0.378 e. The third-order valence-electron chi connectivity index (χ3n) is 3.49. The van der Waals surface area contributed by atoms with E-state index in [4.69, 9.17) is 0 Å². The van der Waals surface area contributed by atoms with Gasteiger partial charge in [0.2, 0.25) is 0 Å². The number of pyridine rings is 1. The summed E-state index contributed by atoms with van der Waals surface area (Å²) in [7, 11) is 0. The van der Waals surface area contributed by atoms with Gasteiger partial charge in [0, 0.05) is 17.4 Å². The molecule has 1 heterocycles. The normalized spacial score (nSPS) is 11.1. The smallest absolute Gasteiger partial charge is 0.257 e. The Balaban J connectivity index is 1.72. The first-order valence-electron chi connectivity index (χ1n) is 7.79. The molecular weight excluding hydrogens is 312 g/mol. The van der Waals surface area contributed by atoms with Gasteiger partial charge in [-0.15, -0.1) is 0 Å². The predicted octanol–water partition coefficient (Wildman–Crippen LogP) is 3.15. The Hall–Kier alpha value is -3.42. The number of aliphatic hydroxyl groups excluding tert-OH is 1. The summed E-state index contributed by atoms with van der Waals surface area (Å²) in [5.41, 5.74) is 2.55. The standard InChI is InChI=1S/C21H16N2O2/c24-20(17-8-2-1-3-9-17)21(25)23-19-11-6-7-16(15-19)12-13-18-10-4-5-14-22-18/h1-11,14-15,20,24H,(H,23,25). The van der Waals surface area contributed by atoms with Crippen LogP contribution in [0.1, 0.15) is 22.9 Å². The molecule has 25 heavy (non-hydrogen) atoms. The van der Waals surface area contributed by atoms with Crippen LogP contribution >= 0.6 is 0 Å². The van der Waals surface area contributed by atoms with E-state index in [-0.39, 0.29) is 0 Å². The minimum absolute atomic E-state index is 0.485. The molecule has 2 N–H and O–H groups in total. The minimum atomic E-state index is -1.22. The van der Waals surface area contributed by atoms with Crippen LogP contribution in [0.15, 0.2) is 79.0 Å². The predicted molar refractivity (Wildman–Crippen MR) is 96.7 cm³/mol. The van der Waals surface area contributed by atoms with E-state index in [1.807, 2.05) is 30.3 Å². The van der Waals surface area contributed by atoms with Crippen LogP contribution in [0.2, 0.25) is 0 Å². The minimum Gasteiger partial charge on any atom is -0.378 e. The molecule has 4 nitrogen and oxygen atoms in total. The summed E-state index contributed by atoms with van der Waals surface area (Å²) >= 11 is 0. The van der Waals surface area contributed by atoms with Crippen LogP contribution in [0.5, 0.6) is 0 Å². The van der Waals surface area contributed by atoms with Crippen LogP contribution in [0.3, 0.4) is 0 Å². The highest BCUT2D eigenvalue weighted by atomic mass is 16.3. The van der Waals surface area contributed by atoms with Crippen molar-refractivity contribution in [3.63, 3.8) is 0 Å². The van der Waals surface area contributed by atoms with Gasteiger partial charge in [-0.05, 0) is 41.8 Å². The molecule has 3 aromatic rings. The van der Waals surface area contributed by atoms with Crippen molar-refractivity contribution in [3.05, 3.63) is 95.8 Å². The van der Waals surface area contributed by atoms with Crippen molar-refractivity contribution >= 4 is 11.6 Å². The molecule has 1 atom stereocenters. The van der Waals surface area contributed by atoms with E-state index >= 15 is 0 Å². The monoisotopic (exact) mass is 328 g/mol. The molecule has 1 aromatic heterocycles. The number of carbonyl (C=O) groups excluding carboxylic acids is 1. The zero-order chi connectivity index (χ0) is 17.5. The summed E-state index contributed by atoms with van der Waals surface area (Å²) < 4.78 is 0. The fraction of sp³-hybridized carbons (Fsp3) is 0.0476. The van der Waals surface area contributed by atoms with Crippen molar-refractivity contribution in [1.29, 1.82) is 0 Å². The average molecular weight is 328 g/mol. The number of carbonyl (C=O) groups is 1. The summed E-state index contributed by atoms with van der Waals surface area (Å²) in [4.78, 5) is 16.3. The third-order valence-corrected chi connectivity index (χ3v) is 3.49. The first-order chi connectivity index (χ1) is 12.2. The van der Waals surface area contributed by atoms with Crippen molar-refractivity contribution < 1.29 is 9.90 Å². The van der Waals surface area contributed by atoms with E-state index in [2.05, 4.69) is 22.1 Å². The Kier molecular flexibility index (Phi) is 5.20. The fourth-order valence-corrected chi connectivity index (χ4v) is 2.24. The number of rotatable bonds is 3. The summed E-state index contributed by atoms with van der Waals surface area (Å²) in [6.45, 7) is 0. The number of aliphatic hydroxyl groups is 1. The molecule has 2 aromatic carbocycles. The van der Waals surface area contributed by atoms with E-state index in [1.54, 1.807) is 48.7 Å². The summed E-state index contributed by atoms with van der Waals surface area (Å²) in [5.74, 6) is 5.49. The number of hydrogen-bond acceptors (Lipinski definition) is 3. The maximum absolute atomic E-state index is 12.2. The number of benzene rings is 2. The Morgan fingerprint density at radius 1 is 0.960 bits per heavy atom. The van der Waals surface area contributed by atoms with E-state index in [0.717, 1.165) is 5.56 Å². The Bertz CT molecular complexity index is 913. The number of aromatic nitrogens is 1. The first-order valence-corrected chi connectivity index (χ1v) is 7.79. The SMILES string of the molecule is O=C(Nc1cccc(C#Cc2ccccn2)c1)C(O)c1ccccc1. The lowest BCUT2D eigenvalue weighted by atomic mass is 10.1. The lowest BCUT2D eigenvalue weighted by molar-refractivity contribution is -0.124. The average Bonchev–Trinajstić information content (AvgIpc) is 2.67. The topological polar surface area (TPSA) is 62.2 Å². The second kappa shape index (κ2) is 7.91. The zero-order valence-electron chi connectivity index (χ0n) is 13.4. The molecular formula is C21H16N2O2. The van der Waals surface area contributed by atoms with Crippen LogP contribution in [-0.4, -0.2) is 16.0 Å². The molecule has 1 unspecified atom stereocenters. The quantitative estimate of drug-likeness (QED) is 0.726. The lowest BCUT2D eigenvalue weighted by Gasteiger charge is -2.11. The molecule has 0 fully saturated rings. The van der Waals surface area contributed by atoms with E-state index in [9.17, 15) is 9.90 Å². The van der Waals surface area contributed by atoms with Crippen LogP contribution in [0.25, 0.3) is 0 Å². The summed E-state index contributed by atoms with van der Waals surface area (Å²) in [6.07, 6.45) is 0.468. The van der Waals surface area contributed by atoms with Crippen molar-refractivity contribution in [2.45, 2.75) is 6.10 Å². The second-order valence-electron chi connectivity index (χ2n) is 5.35. The Labute approximate surface area is 146 Å². The van der Waals surface area contributed by atoms with E-state index < -0.39 is 12.0 Å². The van der Waals surface area contributed by atoms with Crippen LogP contribution < -0.4 is 5.32 Å². The van der Waals surface area contributed by atoms with Gasteiger partial charge in [0.05, 0.1) is 0 Å². The Morgan fingerprint density at radius 2 is 1.76 bits per heavy atom. The molecule has 0 spiro atoms. The molecule has 0 aliphatic carbocycles. The number of hydrogen-bond donors (Lipinski definition) is 2. The third kappa shape index (κ3) is 4.54. The van der Waals surface area contributed by atoms with Gasteiger partial charge in [-0.3, -0.25) is 4.79 Å². The van der Waals surface area contributed by atoms with Gasteiger partial charge in [0.1, 0.15) is 5.69 Å². The molecule has 0 aliphatic heterocycles. The molecule has 1 amide bonds. The lowest BCUT2D eigenvalue weighted by Crippen LogP contribution is -2.20. The van der Waals surface area contributed by atoms with Crippen molar-refractivity contribution in [3.8, 4) is 11.8 Å². The molecule has 0 aliphatic rings. The highest BCUT2D eigenvalue weighted by molar-refractivity contribution is 5.94. The first kappa shape index (κ1) is 16.4. The van der Waals surface area contributed by atoms with E-state index in [0.29, 0.717) is 16.9 Å². The van der Waals surface area contributed by atoms with Gasteiger partial charge in [-0.25, -0.2) is 4.98 Å². The van der Waals surface area contributed by atoms with Crippen molar-refractivity contribution in [1.82, 2.24) is 4.98 Å². The second-order valence-corrected chi connectivity index (χ2v) is 5.35. The zero-order valence-corrected chi connectivity index (χ0v) is 13.4. The van der Waals surface area contributed by atoms with Gasteiger partial charge in [0.25, 0.3) is 5.91 Å². The Morgan fingerprint density at radius 3 is 2.52 bits per heavy atom. The van der Waals surface area contributed by atoms with Crippen LogP contribution in [0.4, 0.5) is 5.69 Å². The number of amides is 1. The van der Waals surface area contributed by atoms with Gasteiger partial charge in [-0.2, -0.15) is 0 Å². The van der Waals surface area contributed by atoms with Gasteiger partial charge < -0.3 is 10.4 Å². The van der Waals surface area contributed by atoms with Crippen LogP contribution in [-0.2, 0) is 4.79 Å². The molecule has 0 saturated carbocycles. The van der Waals surface area contributed by atoms with Crippen molar-refractivity contribution in [2.75, 3.05) is 5.32 Å². The molecule has 0 saturated heterocycles. The summed E-state index contributed by atoms with van der Waals surface area (Å²) in [6, 6.07) is 21.5. The molecule has 122 valence electrons. The maximum atomic E-state index is 12.2. The van der Waals surface area contributed by atoms with Crippen LogP contribution in [0, 0.1) is 11.8 Å². The number of anilines is 1. The summed E-state index contributed by atoms with van der Waals surface area (Å²) in [5, 5.41) is 12.8. The number of nitrogens with one attached hydrogen (secondary N) is 1. The van der Waals surface area contributed by atoms with Crippen molar-refractivity contribution in [2.24, 2.45) is 0 Å². The molecule has 4 heteroatoms. The molecule has 0 radical (unpaired) electrons. The highest BCUT2D eigenvalue weighted by Crippen LogP contribution is 2.16. The molecule has 3 rings (SSSR count). The van der Waals surface area contributed by atoms with E-state index in [1.165, 1.54) is 0 Å². The fourth-order valence-electron chi connectivity index (χ4n) is 2.24. The molecule has 0 bridgehead atoms. The van der Waals surface area contributed by atoms with Gasteiger partial charge in [-0.1, -0.05) is 48.4 Å². The highest BCUT2D eigenvalue weighted by Gasteiger charge is 2.16.